The van der Waals surface area contributed by atoms with E-state index >= 15 is 0 Å². The molecule has 0 aliphatic carbocycles. The maximum Gasteiger partial charge on any atom is 0.227 e. The number of nitrogens with zero attached hydrogens (tertiary/aromatic N) is 4. The van der Waals surface area contributed by atoms with Gasteiger partial charge in [-0.05, 0) is 43.7 Å². The normalized spacial score (nSPS) is 15.2. The number of nitrogens with one attached hydrogen (secondary N) is 1. The highest BCUT2D eigenvalue weighted by molar-refractivity contribution is 5.52. The van der Waals surface area contributed by atoms with Crippen LogP contribution in [-0.4, -0.2) is 28.2 Å². The number of aromatic nitrogens is 3. The first-order valence-electron chi connectivity index (χ1n) is 9.08. The van der Waals surface area contributed by atoms with Crippen molar-refractivity contribution < 1.29 is 4.52 Å². The van der Waals surface area contributed by atoms with Crippen molar-refractivity contribution in [1.29, 1.82) is 0 Å². The van der Waals surface area contributed by atoms with E-state index in [1.807, 2.05) is 19.1 Å². The van der Waals surface area contributed by atoms with Crippen molar-refractivity contribution in [2.24, 2.45) is 5.92 Å². The highest BCUT2D eigenvalue weighted by Crippen LogP contribution is 2.25. The van der Waals surface area contributed by atoms with Gasteiger partial charge >= 0.3 is 0 Å². The Morgan fingerprint density at radius 2 is 1.92 bits per heavy atom. The van der Waals surface area contributed by atoms with Crippen LogP contribution in [0.1, 0.15) is 24.2 Å². The third kappa shape index (κ3) is 4.02. The molecule has 0 spiro atoms. The first-order chi connectivity index (χ1) is 12.8. The van der Waals surface area contributed by atoms with Gasteiger partial charge in [0.1, 0.15) is 11.6 Å². The summed E-state index contributed by atoms with van der Waals surface area (Å²) in [5, 5.41) is 7.11. The summed E-state index contributed by atoms with van der Waals surface area (Å²) in [6.07, 6.45) is 5.27. The molecule has 0 amide bonds. The molecule has 4 rings (SSSR count). The second kappa shape index (κ2) is 7.56. The molecule has 2 aromatic heterocycles. The molecule has 3 heterocycles. The summed E-state index contributed by atoms with van der Waals surface area (Å²) >= 11 is 0. The number of hydrogen-bond acceptors (Lipinski definition) is 6. The average molecular weight is 349 g/mol. The van der Waals surface area contributed by atoms with E-state index in [9.17, 15) is 0 Å². The summed E-state index contributed by atoms with van der Waals surface area (Å²) < 4.78 is 5.08. The molecule has 1 N–H and O–H groups in total. The molecule has 0 unspecified atom stereocenters. The molecule has 134 valence electrons. The van der Waals surface area contributed by atoms with Crippen LogP contribution in [0.3, 0.4) is 0 Å². The van der Waals surface area contributed by atoms with Crippen LogP contribution in [0, 0.1) is 12.8 Å². The second-order valence-electron chi connectivity index (χ2n) is 6.81. The topological polar surface area (TPSA) is 67.1 Å². The van der Waals surface area contributed by atoms with Crippen molar-refractivity contribution in [2.45, 2.75) is 26.2 Å². The molecular weight excluding hydrogens is 326 g/mol. The predicted molar refractivity (Wildman–Crippen MR) is 102 cm³/mol. The number of hydrogen-bond donors (Lipinski definition) is 1. The minimum atomic E-state index is 0.661. The SMILES string of the molecule is Cc1cc(Nc2ccnc(N3CCC(Cc4ccccc4)CC3)n2)no1. The number of anilines is 3. The minimum Gasteiger partial charge on any atom is -0.360 e. The van der Waals surface area contributed by atoms with Gasteiger partial charge in [-0.3, -0.25) is 0 Å². The third-order valence-electron chi connectivity index (χ3n) is 4.79. The smallest absolute Gasteiger partial charge is 0.227 e. The van der Waals surface area contributed by atoms with Crippen LogP contribution in [-0.2, 0) is 6.42 Å². The molecule has 0 atom stereocenters. The van der Waals surface area contributed by atoms with Gasteiger partial charge in [0.2, 0.25) is 5.95 Å². The standard InChI is InChI=1S/C20H23N5O/c1-15-13-19(24-26-15)22-18-7-10-21-20(23-18)25-11-8-17(9-12-25)14-16-5-3-2-4-6-16/h2-7,10,13,17H,8-9,11-12,14H2,1H3,(H,21,22,23,24). The lowest BCUT2D eigenvalue weighted by Gasteiger charge is -2.32. The predicted octanol–water partition coefficient (Wildman–Crippen LogP) is 3.98. The molecule has 0 radical (unpaired) electrons. The number of aryl methyl sites for hydroxylation is 1. The van der Waals surface area contributed by atoms with E-state index in [1.54, 1.807) is 6.20 Å². The monoisotopic (exact) mass is 349 g/mol. The maximum absolute atomic E-state index is 5.08. The summed E-state index contributed by atoms with van der Waals surface area (Å²) in [5.41, 5.74) is 1.43. The summed E-state index contributed by atoms with van der Waals surface area (Å²) in [6, 6.07) is 14.4. The highest BCUT2D eigenvalue weighted by atomic mass is 16.5. The molecule has 1 fully saturated rings. The lowest BCUT2D eigenvalue weighted by molar-refractivity contribution is 0.400. The molecule has 6 heteroatoms. The minimum absolute atomic E-state index is 0.661. The first kappa shape index (κ1) is 16.6. The number of benzene rings is 1. The van der Waals surface area contributed by atoms with Gasteiger partial charge in [-0.25, -0.2) is 4.98 Å². The van der Waals surface area contributed by atoms with Gasteiger partial charge in [-0.2, -0.15) is 4.98 Å². The van der Waals surface area contributed by atoms with Crippen molar-refractivity contribution in [2.75, 3.05) is 23.3 Å². The van der Waals surface area contributed by atoms with E-state index < -0.39 is 0 Å². The maximum atomic E-state index is 5.08. The molecule has 0 saturated carbocycles. The lowest BCUT2D eigenvalue weighted by Crippen LogP contribution is -2.35. The van der Waals surface area contributed by atoms with Gasteiger partial charge in [0.05, 0.1) is 0 Å². The van der Waals surface area contributed by atoms with Crippen molar-refractivity contribution in [3.05, 3.63) is 60.0 Å². The molecule has 1 aliphatic rings. The van der Waals surface area contributed by atoms with Gasteiger partial charge in [-0.1, -0.05) is 35.5 Å². The Morgan fingerprint density at radius 1 is 1.12 bits per heavy atom. The first-order valence-corrected chi connectivity index (χ1v) is 9.08. The van der Waals surface area contributed by atoms with Gasteiger partial charge in [0.25, 0.3) is 0 Å². The van der Waals surface area contributed by atoms with Crippen LogP contribution in [0.2, 0.25) is 0 Å². The lowest BCUT2D eigenvalue weighted by atomic mass is 9.90. The average Bonchev–Trinajstić information content (AvgIpc) is 3.08. The Kier molecular flexibility index (Phi) is 4.82. The zero-order valence-corrected chi connectivity index (χ0v) is 14.9. The van der Waals surface area contributed by atoms with Crippen LogP contribution >= 0.6 is 0 Å². The van der Waals surface area contributed by atoms with Crippen LogP contribution in [0.5, 0.6) is 0 Å². The van der Waals surface area contributed by atoms with E-state index in [0.29, 0.717) is 5.82 Å². The molecule has 0 bridgehead atoms. The Labute approximate surface area is 153 Å². The summed E-state index contributed by atoms with van der Waals surface area (Å²) in [4.78, 5) is 11.3. The fourth-order valence-corrected chi connectivity index (χ4v) is 3.41. The van der Waals surface area contributed by atoms with Crippen molar-refractivity contribution >= 4 is 17.6 Å². The van der Waals surface area contributed by atoms with Gasteiger partial charge in [0.15, 0.2) is 5.82 Å². The fraction of sp³-hybridized carbons (Fsp3) is 0.350. The van der Waals surface area contributed by atoms with Crippen molar-refractivity contribution in [1.82, 2.24) is 15.1 Å². The van der Waals surface area contributed by atoms with E-state index in [2.05, 4.69) is 55.7 Å². The fourth-order valence-electron chi connectivity index (χ4n) is 3.41. The zero-order chi connectivity index (χ0) is 17.8. The molecular formula is C20H23N5O. The third-order valence-corrected chi connectivity index (χ3v) is 4.79. The molecule has 3 aromatic rings. The Balaban J connectivity index is 1.36. The highest BCUT2D eigenvalue weighted by Gasteiger charge is 2.21. The van der Waals surface area contributed by atoms with Crippen LogP contribution in [0.4, 0.5) is 17.6 Å². The van der Waals surface area contributed by atoms with E-state index in [1.165, 1.54) is 18.4 Å². The van der Waals surface area contributed by atoms with Gasteiger partial charge in [-0.15, -0.1) is 0 Å². The van der Waals surface area contributed by atoms with Gasteiger partial charge < -0.3 is 14.7 Å². The molecule has 6 nitrogen and oxygen atoms in total. The molecule has 1 aliphatic heterocycles. The van der Waals surface area contributed by atoms with E-state index in [-0.39, 0.29) is 0 Å². The summed E-state index contributed by atoms with van der Waals surface area (Å²) in [5.74, 6) is 3.66. The van der Waals surface area contributed by atoms with Crippen LogP contribution in [0.25, 0.3) is 0 Å². The number of piperidine rings is 1. The van der Waals surface area contributed by atoms with Crippen LogP contribution < -0.4 is 10.2 Å². The Hall–Kier alpha value is -2.89. The second-order valence-corrected chi connectivity index (χ2v) is 6.81. The zero-order valence-electron chi connectivity index (χ0n) is 14.9. The Morgan fingerprint density at radius 3 is 2.65 bits per heavy atom. The largest absolute Gasteiger partial charge is 0.360 e. The van der Waals surface area contributed by atoms with Crippen molar-refractivity contribution in [3.63, 3.8) is 0 Å². The van der Waals surface area contributed by atoms with Gasteiger partial charge in [0, 0.05) is 25.4 Å². The van der Waals surface area contributed by atoms with E-state index in [0.717, 1.165) is 43.0 Å². The number of rotatable bonds is 5. The van der Waals surface area contributed by atoms with Crippen LogP contribution in [0.15, 0.2) is 53.2 Å². The summed E-state index contributed by atoms with van der Waals surface area (Å²) in [6.45, 7) is 3.84. The quantitative estimate of drug-likeness (QED) is 0.752. The molecule has 1 aromatic carbocycles. The molecule has 26 heavy (non-hydrogen) atoms. The molecule has 1 saturated heterocycles. The van der Waals surface area contributed by atoms with Crippen molar-refractivity contribution in [3.8, 4) is 0 Å². The van der Waals surface area contributed by atoms with E-state index in [4.69, 9.17) is 4.52 Å². The Bertz CT molecular complexity index is 840. The summed E-state index contributed by atoms with van der Waals surface area (Å²) in [7, 11) is 0.